The van der Waals surface area contributed by atoms with Crippen molar-refractivity contribution in [3.05, 3.63) is 24.0 Å². The van der Waals surface area contributed by atoms with Crippen molar-refractivity contribution >= 4 is 5.96 Å². The first-order valence-electron chi connectivity index (χ1n) is 5.77. The number of aromatic nitrogens is 1. The van der Waals surface area contributed by atoms with Crippen LogP contribution in [-0.4, -0.2) is 43.1 Å². The van der Waals surface area contributed by atoms with Gasteiger partial charge in [-0.2, -0.15) is 0 Å². The van der Waals surface area contributed by atoms with Crippen LogP contribution in [0.25, 0.3) is 0 Å². The summed E-state index contributed by atoms with van der Waals surface area (Å²) in [7, 11) is 3.72. The number of pyridine rings is 1. The molecule has 2 rings (SSSR count). The Hall–Kier alpha value is -1.78. The molecule has 0 atom stereocenters. The topological polar surface area (TPSA) is 49.8 Å². The Kier molecular flexibility index (Phi) is 3.80. The van der Waals surface area contributed by atoms with Gasteiger partial charge in [-0.1, -0.05) is 0 Å². The first kappa shape index (κ1) is 11.7. The summed E-state index contributed by atoms with van der Waals surface area (Å²) in [5.41, 5.74) is 1.04. The lowest BCUT2D eigenvalue weighted by atomic mass is 10.2. The number of nitrogens with one attached hydrogen (secondary N) is 1. The molecule has 0 saturated heterocycles. The number of methoxy groups -OCH3 is 1. The van der Waals surface area contributed by atoms with Crippen molar-refractivity contribution in [1.82, 2.24) is 15.2 Å². The van der Waals surface area contributed by atoms with Crippen molar-refractivity contribution in [2.45, 2.75) is 13.0 Å². The van der Waals surface area contributed by atoms with Gasteiger partial charge in [0.2, 0.25) is 0 Å². The van der Waals surface area contributed by atoms with Gasteiger partial charge in [0.1, 0.15) is 5.75 Å². The zero-order valence-electron chi connectivity index (χ0n) is 10.3. The number of guanidine groups is 1. The molecular weight excluding hydrogens is 216 g/mol. The third-order valence-electron chi connectivity index (χ3n) is 2.79. The molecule has 1 aliphatic heterocycles. The number of rotatable bonds is 3. The fraction of sp³-hybridized carbons (Fsp3) is 0.500. The predicted molar refractivity (Wildman–Crippen MR) is 67.2 cm³/mol. The summed E-state index contributed by atoms with van der Waals surface area (Å²) in [4.78, 5) is 10.7. The summed E-state index contributed by atoms with van der Waals surface area (Å²) in [6.07, 6.45) is 4.67. The Morgan fingerprint density at radius 2 is 2.41 bits per heavy atom. The maximum atomic E-state index is 5.28. The molecule has 0 aromatic carbocycles. The molecule has 1 aliphatic rings. The smallest absolute Gasteiger partial charge is 0.193 e. The van der Waals surface area contributed by atoms with Gasteiger partial charge in [0, 0.05) is 44.6 Å². The van der Waals surface area contributed by atoms with Crippen molar-refractivity contribution in [3.63, 3.8) is 0 Å². The van der Waals surface area contributed by atoms with Gasteiger partial charge in [-0.05, 0) is 12.5 Å². The summed E-state index contributed by atoms with van der Waals surface area (Å²) in [5.74, 6) is 1.80. The zero-order chi connectivity index (χ0) is 12.1. The molecule has 0 saturated carbocycles. The number of hydrogen-bond donors (Lipinski definition) is 1. The maximum Gasteiger partial charge on any atom is 0.193 e. The van der Waals surface area contributed by atoms with Gasteiger partial charge >= 0.3 is 0 Å². The minimum absolute atomic E-state index is 0.681. The van der Waals surface area contributed by atoms with Crippen LogP contribution in [0, 0.1) is 0 Å². The fourth-order valence-corrected chi connectivity index (χ4v) is 1.83. The Morgan fingerprint density at radius 3 is 3.18 bits per heavy atom. The average Bonchev–Trinajstić information content (AvgIpc) is 2.38. The molecule has 2 heterocycles. The minimum atomic E-state index is 0.681. The first-order valence-corrected chi connectivity index (χ1v) is 5.77. The predicted octanol–water partition coefficient (Wildman–Crippen LogP) is 0.871. The number of nitrogens with zero attached hydrogens (tertiary/aromatic N) is 3. The molecule has 0 unspecified atom stereocenters. The zero-order valence-corrected chi connectivity index (χ0v) is 10.3. The highest BCUT2D eigenvalue weighted by atomic mass is 16.5. The van der Waals surface area contributed by atoms with E-state index in [0.29, 0.717) is 6.54 Å². The van der Waals surface area contributed by atoms with Crippen molar-refractivity contribution < 1.29 is 4.74 Å². The molecule has 1 aromatic rings. The van der Waals surface area contributed by atoms with E-state index in [2.05, 4.69) is 20.2 Å². The molecule has 1 aromatic heterocycles. The van der Waals surface area contributed by atoms with Crippen LogP contribution in [-0.2, 0) is 6.54 Å². The molecule has 0 fully saturated rings. The van der Waals surface area contributed by atoms with Crippen LogP contribution in [0.4, 0.5) is 0 Å². The second-order valence-corrected chi connectivity index (χ2v) is 4.02. The lowest BCUT2D eigenvalue weighted by molar-refractivity contribution is 0.406. The lowest BCUT2D eigenvalue weighted by Gasteiger charge is -2.25. The van der Waals surface area contributed by atoms with E-state index in [1.807, 2.05) is 19.3 Å². The molecule has 92 valence electrons. The molecule has 0 radical (unpaired) electrons. The molecule has 5 heteroatoms. The van der Waals surface area contributed by atoms with Crippen LogP contribution in [0.5, 0.6) is 5.75 Å². The lowest BCUT2D eigenvalue weighted by Crippen LogP contribution is -2.41. The third-order valence-corrected chi connectivity index (χ3v) is 2.79. The van der Waals surface area contributed by atoms with Crippen LogP contribution >= 0.6 is 0 Å². The SMILES string of the molecule is COc1ccncc1CNC1=NCCCN1C. The van der Waals surface area contributed by atoms with E-state index in [1.54, 1.807) is 13.3 Å². The normalized spacial score (nSPS) is 15.4. The summed E-state index contributed by atoms with van der Waals surface area (Å²) >= 11 is 0. The van der Waals surface area contributed by atoms with Crippen LogP contribution in [0.1, 0.15) is 12.0 Å². The Morgan fingerprint density at radius 1 is 1.53 bits per heavy atom. The Balaban J connectivity index is 1.99. The van der Waals surface area contributed by atoms with E-state index in [0.717, 1.165) is 36.8 Å². The van der Waals surface area contributed by atoms with Crippen molar-refractivity contribution in [3.8, 4) is 5.75 Å². The van der Waals surface area contributed by atoms with E-state index in [1.165, 1.54) is 0 Å². The molecule has 0 spiro atoms. The van der Waals surface area contributed by atoms with E-state index in [9.17, 15) is 0 Å². The quantitative estimate of drug-likeness (QED) is 0.843. The van der Waals surface area contributed by atoms with Gasteiger partial charge in [0.05, 0.1) is 7.11 Å². The van der Waals surface area contributed by atoms with Crippen LogP contribution in [0.3, 0.4) is 0 Å². The minimum Gasteiger partial charge on any atom is -0.496 e. The van der Waals surface area contributed by atoms with Gasteiger partial charge in [0.25, 0.3) is 0 Å². The van der Waals surface area contributed by atoms with Crippen LogP contribution < -0.4 is 10.1 Å². The second kappa shape index (κ2) is 5.52. The van der Waals surface area contributed by atoms with E-state index >= 15 is 0 Å². The standard InChI is InChI=1S/C12H18N4O/c1-16-7-3-5-14-12(16)15-9-10-8-13-6-4-11(10)17-2/h4,6,8H,3,5,7,9H2,1-2H3,(H,14,15). The number of hydrogen-bond acceptors (Lipinski definition) is 5. The maximum absolute atomic E-state index is 5.28. The summed E-state index contributed by atoms with van der Waals surface area (Å²) in [5, 5.41) is 3.32. The molecular formula is C12H18N4O. The van der Waals surface area contributed by atoms with Gasteiger partial charge in [-0.15, -0.1) is 0 Å². The van der Waals surface area contributed by atoms with E-state index in [4.69, 9.17) is 4.74 Å². The van der Waals surface area contributed by atoms with E-state index in [-0.39, 0.29) is 0 Å². The second-order valence-electron chi connectivity index (χ2n) is 4.02. The van der Waals surface area contributed by atoms with Crippen molar-refractivity contribution in [2.75, 3.05) is 27.2 Å². The third kappa shape index (κ3) is 2.87. The summed E-state index contributed by atoms with van der Waals surface area (Å²) in [6, 6.07) is 1.86. The molecule has 0 aliphatic carbocycles. The van der Waals surface area contributed by atoms with Crippen molar-refractivity contribution in [2.24, 2.45) is 4.99 Å². The number of aliphatic imine (C=N–C) groups is 1. The molecule has 0 amide bonds. The molecule has 1 N–H and O–H groups in total. The molecule has 0 bridgehead atoms. The largest absolute Gasteiger partial charge is 0.496 e. The van der Waals surface area contributed by atoms with E-state index < -0.39 is 0 Å². The summed E-state index contributed by atoms with van der Waals surface area (Å²) in [6.45, 7) is 2.63. The van der Waals surface area contributed by atoms with Gasteiger partial charge in [-0.25, -0.2) is 0 Å². The highest BCUT2D eigenvalue weighted by molar-refractivity contribution is 5.80. The fourth-order valence-electron chi connectivity index (χ4n) is 1.83. The highest BCUT2D eigenvalue weighted by Crippen LogP contribution is 2.15. The van der Waals surface area contributed by atoms with Crippen LogP contribution in [0.15, 0.2) is 23.5 Å². The average molecular weight is 234 g/mol. The highest BCUT2D eigenvalue weighted by Gasteiger charge is 2.11. The Labute approximate surface area is 102 Å². The molecule has 17 heavy (non-hydrogen) atoms. The van der Waals surface area contributed by atoms with Gasteiger partial charge in [0.15, 0.2) is 5.96 Å². The van der Waals surface area contributed by atoms with Gasteiger partial charge in [-0.3, -0.25) is 9.98 Å². The molecule has 5 nitrogen and oxygen atoms in total. The summed E-state index contributed by atoms with van der Waals surface area (Å²) < 4.78 is 5.28. The van der Waals surface area contributed by atoms with Gasteiger partial charge < -0.3 is 15.0 Å². The number of ether oxygens (including phenoxy) is 1. The van der Waals surface area contributed by atoms with Crippen LogP contribution in [0.2, 0.25) is 0 Å². The first-order chi connectivity index (χ1) is 8.31. The monoisotopic (exact) mass is 234 g/mol. The van der Waals surface area contributed by atoms with Crippen molar-refractivity contribution in [1.29, 1.82) is 0 Å². The Bertz CT molecular complexity index is 405.